The molecule has 1 aliphatic rings. The molecule has 1 aromatic carbocycles. The fourth-order valence-electron chi connectivity index (χ4n) is 1.60. The number of carboxylic acids is 1. The van der Waals surface area contributed by atoms with Gasteiger partial charge in [-0.15, -0.1) is 0 Å². The highest BCUT2D eigenvalue weighted by Crippen LogP contribution is 2.32. The molecule has 2 rings (SSSR count). The highest BCUT2D eigenvalue weighted by Gasteiger charge is 2.24. The molecule has 0 amide bonds. The third-order valence-electron chi connectivity index (χ3n) is 2.32. The Hall–Kier alpha value is -1.60. The second-order valence-electron chi connectivity index (χ2n) is 3.41. The second kappa shape index (κ2) is 3.46. The van der Waals surface area contributed by atoms with Crippen LogP contribution in [0.15, 0.2) is 17.0 Å². The van der Waals surface area contributed by atoms with Crippen LogP contribution in [-0.4, -0.2) is 26.1 Å². The molecule has 16 heavy (non-hydrogen) atoms. The molecule has 0 bridgehead atoms. The molecule has 1 aromatic rings. The van der Waals surface area contributed by atoms with Gasteiger partial charge in [0.25, 0.3) is 0 Å². The zero-order valence-corrected chi connectivity index (χ0v) is 8.95. The second-order valence-corrected chi connectivity index (χ2v) is 4.97. The third-order valence-corrected chi connectivity index (χ3v) is 3.21. The minimum atomic E-state index is -3.90. The quantitative estimate of drug-likeness (QED) is 0.758. The van der Waals surface area contributed by atoms with Gasteiger partial charge >= 0.3 is 5.97 Å². The summed E-state index contributed by atoms with van der Waals surface area (Å²) < 4.78 is 27.4. The largest absolute Gasteiger partial charge is 0.492 e. The van der Waals surface area contributed by atoms with Crippen LogP contribution in [0.2, 0.25) is 0 Å². The van der Waals surface area contributed by atoms with Gasteiger partial charge in [-0.3, -0.25) is 0 Å². The Morgan fingerprint density at radius 1 is 1.44 bits per heavy atom. The zero-order valence-electron chi connectivity index (χ0n) is 8.13. The summed E-state index contributed by atoms with van der Waals surface area (Å²) in [5.74, 6) is -0.997. The fourth-order valence-corrected chi connectivity index (χ4v) is 2.19. The van der Waals surface area contributed by atoms with Crippen molar-refractivity contribution in [2.45, 2.75) is 11.3 Å². The molecule has 0 unspecified atom stereocenters. The monoisotopic (exact) mass is 243 g/mol. The first kappa shape index (κ1) is 10.9. The highest BCUT2D eigenvalue weighted by atomic mass is 32.2. The minimum Gasteiger partial charge on any atom is -0.492 e. The van der Waals surface area contributed by atoms with Crippen LogP contribution in [-0.2, 0) is 16.4 Å². The van der Waals surface area contributed by atoms with Crippen LogP contribution in [0.25, 0.3) is 0 Å². The first-order valence-corrected chi connectivity index (χ1v) is 6.00. The molecule has 0 aliphatic carbocycles. The molecule has 1 aliphatic heterocycles. The molecule has 1 heterocycles. The lowest BCUT2D eigenvalue weighted by Gasteiger charge is -2.06. The lowest BCUT2D eigenvalue weighted by Crippen LogP contribution is -2.13. The number of carboxylic acid groups (broad SMARTS) is 1. The third kappa shape index (κ3) is 1.74. The van der Waals surface area contributed by atoms with E-state index in [1.54, 1.807) is 0 Å². The molecule has 0 fully saturated rings. The molecule has 0 atom stereocenters. The van der Waals surface area contributed by atoms with Crippen molar-refractivity contribution in [3.8, 4) is 5.75 Å². The topological polar surface area (TPSA) is 107 Å². The Bertz CT molecular complexity index is 564. The number of benzene rings is 1. The van der Waals surface area contributed by atoms with E-state index >= 15 is 0 Å². The van der Waals surface area contributed by atoms with Crippen molar-refractivity contribution in [1.82, 2.24) is 0 Å². The Morgan fingerprint density at radius 2 is 2.12 bits per heavy atom. The lowest BCUT2D eigenvalue weighted by atomic mass is 10.1. The van der Waals surface area contributed by atoms with E-state index in [0.29, 0.717) is 18.6 Å². The number of sulfonamides is 1. The summed E-state index contributed by atoms with van der Waals surface area (Å²) in [6, 6.07) is 2.37. The maximum absolute atomic E-state index is 11.2. The zero-order chi connectivity index (χ0) is 11.9. The molecule has 86 valence electrons. The highest BCUT2D eigenvalue weighted by molar-refractivity contribution is 7.89. The standard InChI is InChI=1S/C9H9NO5S/c10-16(13,14)6-3-5-1-2-15-8(5)7(4-6)9(11)12/h3-4H,1-2H2,(H,11,12)(H2,10,13,14). The van der Waals surface area contributed by atoms with Crippen molar-refractivity contribution in [3.63, 3.8) is 0 Å². The van der Waals surface area contributed by atoms with Crippen molar-refractivity contribution >= 4 is 16.0 Å². The maximum Gasteiger partial charge on any atom is 0.339 e. The lowest BCUT2D eigenvalue weighted by molar-refractivity contribution is 0.0693. The minimum absolute atomic E-state index is 0.168. The van der Waals surface area contributed by atoms with E-state index in [1.807, 2.05) is 0 Å². The van der Waals surface area contributed by atoms with E-state index in [1.165, 1.54) is 6.07 Å². The van der Waals surface area contributed by atoms with Crippen LogP contribution in [0, 0.1) is 0 Å². The summed E-state index contributed by atoms with van der Waals surface area (Å²) in [4.78, 5) is 10.7. The summed E-state index contributed by atoms with van der Waals surface area (Å²) in [6.07, 6.45) is 0.485. The van der Waals surface area contributed by atoms with Gasteiger partial charge in [0.15, 0.2) is 0 Å². The molecule has 0 spiro atoms. The maximum atomic E-state index is 11.2. The summed E-state index contributed by atoms with van der Waals surface area (Å²) in [6.45, 7) is 0.351. The average Bonchev–Trinajstić information content (AvgIpc) is 2.61. The van der Waals surface area contributed by atoms with E-state index < -0.39 is 16.0 Å². The van der Waals surface area contributed by atoms with Gasteiger partial charge in [0, 0.05) is 6.42 Å². The first-order chi connectivity index (χ1) is 7.39. The van der Waals surface area contributed by atoms with Crippen LogP contribution >= 0.6 is 0 Å². The molecule has 7 heteroatoms. The molecule has 0 saturated carbocycles. The van der Waals surface area contributed by atoms with Crippen LogP contribution in [0.1, 0.15) is 15.9 Å². The van der Waals surface area contributed by atoms with Gasteiger partial charge < -0.3 is 9.84 Å². The number of carbonyl (C=O) groups is 1. The molecule has 6 nitrogen and oxygen atoms in total. The van der Waals surface area contributed by atoms with Crippen molar-refractivity contribution in [2.75, 3.05) is 6.61 Å². The van der Waals surface area contributed by atoms with E-state index in [4.69, 9.17) is 15.0 Å². The Labute approximate surface area is 91.7 Å². The predicted octanol–water partition coefficient (Wildman–Crippen LogP) is -0.0329. The van der Waals surface area contributed by atoms with Crippen molar-refractivity contribution in [1.29, 1.82) is 0 Å². The summed E-state index contributed by atoms with van der Waals surface area (Å²) >= 11 is 0. The van der Waals surface area contributed by atoms with Crippen LogP contribution in [0.4, 0.5) is 0 Å². The van der Waals surface area contributed by atoms with E-state index in [9.17, 15) is 13.2 Å². The number of hydrogen-bond acceptors (Lipinski definition) is 4. The number of rotatable bonds is 2. The SMILES string of the molecule is NS(=O)(=O)c1cc2c(c(C(=O)O)c1)OCC2. The fraction of sp³-hybridized carbons (Fsp3) is 0.222. The summed E-state index contributed by atoms with van der Waals surface area (Å²) in [7, 11) is -3.90. The number of fused-ring (bicyclic) bond motifs is 1. The van der Waals surface area contributed by atoms with Gasteiger partial charge in [-0.05, 0) is 17.7 Å². The van der Waals surface area contributed by atoms with Gasteiger partial charge in [0.2, 0.25) is 10.0 Å². The van der Waals surface area contributed by atoms with Gasteiger partial charge in [0.1, 0.15) is 11.3 Å². The van der Waals surface area contributed by atoms with Crippen molar-refractivity contribution < 1.29 is 23.1 Å². The van der Waals surface area contributed by atoms with E-state index in [2.05, 4.69) is 0 Å². The molecular weight excluding hydrogens is 234 g/mol. The number of hydrogen-bond donors (Lipinski definition) is 2. The number of nitrogens with two attached hydrogens (primary N) is 1. The van der Waals surface area contributed by atoms with E-state index in [0.717, 1.165) is 6.07 Å². The normalized spacial score (nSPS) is 14.3. The number of aromatic carboxylic acids is 1. The number of ether oxygens (including phenoxy) is 1. The predicted molar refractivity (Wildman–Crippen MR) is 54.0 cm³/mol. The molecule has 3 N–H and O–H groups in total. The number of primary sulfonamides is 1. The first-order valence-electron chi connectivity index (χ1n) is 4.45. The van der Waals surface area contributed by atoms with E-state index in [-0.39, 0.29) is 16.2 Å². The molecule has 0 radical (unpaired) electrons. The summed E-state index contributed by atoms with van der Waals surface area (Å²) in [5, 5.41) is 13.9. The van der Waals surface area contributed by atoms with Crippen molar-refractivity contribution in [2.24, 2.45) is 5.14 Å². The molecule has 0 saturated heterocycles. The van der Waals surface area contributed by atoms with Crippen LogP contribution < -0.4 is 9.88 Å². The van der Waals surface area contributed by atoms with Crippen LogP contribution in [0.5, 0.6) is 5.75 Å². The Morgan fingerprint density at radius 3 is 2.69 bits per heavy atom. The van der Waals surface area contributed by atoms with Gasteiger partial charge in [-0.2, -0.15) is 0 Å². The summed E-state index contributed by atoms with van der Waals surface area (Å²) in [5.41, 5.74) is 0.392. The Balaban J connectivity index is 2.70. The smallest absolute Gasteiger partial charge is 0.339 e. The average molecular weight is 243 g/mol. The Kier molecular flexibility index (Phi) is 2.36. The van der Waals surface area contributed by atoms with Gasteiger partial charge in [-0.25, -0.2) is 18.4 Å². The van der Waals surface area contributed by atoms with Gasteiger partial charge in [0.05, 0.1) is 11.5 Å². The van der Waals surface area contributed by atoms with Gasteiger partial charge in [-0.1, -0.05) is 0 Å². The van der Waals surface area contributed by atoms with Crippen LogP contribution in [0.3, 0.4) is 0 Å². The molecule has 0 aromatic heterocycles. The van der Waals surface area contributed by atoms with Crippen molar-refractivity contribution in [3.05, 3.63) is 23.3 Å². The molecular formula is C9H9NO5S.